The second kappa shape index (κ2) is 6.43. The van der Waals surface area contributed by atoms with Crippen LogP contribution in [0.2, 0.25) is 0 Å². The van der Waals surface area contributed by atoms with Crippen molar-refractivity contribution in [1.29, 1.82) is 0 Å². The zero-order valence-electron chi connectivity index (χ0n) is 10.5. The Bertz CT molecular complexity index is 331. The van der Waals surface area contributed by atoms with Crippen LogP contribution in [-0.2, 0) is 0 Å². The Morgan fingerprint density at radius 1 is 1.29 bits per heavy atom. The number of hydrazine groups is 1. The number of aryl methyl sites for hydroxylation is 1. The Morgan fingerprint density at radius 3 is 2.53 bits per heavy atom. The van der Waals surface area contributed by atoms with Gasteiger partial charge in [0.25, 0.3) is 0 Å². The van der Waals surface area contributed by atoms with Crippen molar-refractivity contribution in [2.24, 2.45) is 5.84 Å². The van der Waals surface area contributed by atoms with E-state index >= 15 is 0 Å². The Balaban J connectivity index is 1.89. The Labute approximate surface area is 108 Å². The maximum atomic E-state index is 5.66. The van der Waals surface area contributed by atoms with E-state index in [1.165, 1.54) is 36.8 Å². The van der Waals surface area contributed by atoms with Gasteiger partial charge in [-0.3, -0.25) is 11.3 Å². The molecule has 0 amide bonds. The highest BCUT2D eigenvalue weighted by molar-refractivity contribution is 7.99. The summed E-state index contributed by atoms with van der Waals surface area (Å²) in [6.07, 6.45) is 5.58. The minimum absolute atomic E-state index is 0.279. The molecular formula is C14H22N2S. The first-order chi connectivity index (χ1) is 8.29. The van der Waals surface area contributed by atoms with E-state index in [0.717, 1.165) is 11.0 Å². The third kappa shape index (κ3) is 3.73. The molecule has 0 saturated heterocycles. The summed E-state index contributed by atoms with van der Waals surface area (Å²) in [7, 11) is 0. The van der Waals surface area contributed by atoms with Gasteiger partial charge in [0.05, 0.1) is 6.04 Å². The summed E-state index contributed by atoms with van der Waals surface area (Å²) < 4.78 is 0. The molecule has 1 atom stereocenters. The lowest BCUT2D eigenvalue weighted by molar-refractivity contribution is 0.609. The highest BCUT2D eigenvalue weighted by Crippen LogP contribution is 2.31. The summed E-state index contributed by atoms with van der Waals surface area (Å²) in [5.74, 6) is 6.74. The summed E-state index contributed by atoms with van der Waals surface area (Å²) in [5.41, 5.74) is 5.53. The molecule has 2 rings (SSSR count). The maximum Gasteiger partial charge on any atom is 0.0550 e. The molecule has 0 aromatic heterocycles. The van der Waals surface area contributed by atoms with Crippen molar-refractivity contribution in [3.05, 3.63) is 35.4 Å². The SMILES string of the molecule is Cc1ccc(C(CSC2CCCC2)NN)cc1. The van der Waals surface area contributed by atoms with Gasteiger partial charge in [-0.1, -0.05) is 42.7 Å². The number of hydrogen-bond donors (Lipinski definition) is 2. The monoisotopic (exact) mass is 250 g/mol. The molecule has 1 fully saturated rings. The predicted octanol–water partition coefficient (Wildman–Crippen LogP) is 3.18. The summed E-state index contributed by atoms with van der Waals surface area (Å²) in [5, 5.41) is 0.858. The minimum Gasteiger partial charge on any atom is -0.271 e. The zero-order valence-corrected chi connectivity index (χ0v) is 11.3. The normalized spacial score (nSPS) is 18.5. The van der Waals surface area contributed by atoms with Gasteiger partial charge in [0.2, 0.25) is 0 Å². The molecule has 2 nitrogen and oxygen atoms in total. The van der Waals surface area contributed by atoms with E-state index in [4.69, 9.17) is 5.84 Å². The van der Waals surface area contributed by atoms with Crippen molar-refractivity contribution >= 4 is 11.8 Å². The van der Waals surface area contributed by atoms with Crippen molar-refractivity contribution in [1.82, 2.24) is 5.43 Å². The standard InChI is InChI=1S/C14H22N2S/c1-11-6-8-12(9-7-11)14(16-15)10-17-13-4-2-3-5-13/h6-9,13-14,16H,2-5,10,15H2,1H3. The van der Waals surface area contributed by atoms with Crippen molar-refractivity contribution in [2.75, 3.05) is 5.75 Å². The van der Waals surface area contributed by atoms with E-state index in [9.17, 15) is 0 Å². The molecule has 17 heavy (non-hydrogen) atoms. The van der Waals surface area contributed by atoms with Crippen LogP contribution in [0.5, 0.6) is 0 Å². The molecule has 1 saturated carbocycles. The average Bonchev–Trinajstić information content (AvgIpc) is 2.85. The quantitative estimate of drug-likeness (QED) is 0.622. The Kier molecular flexibility index (Phi) is 4.89. The second-order valence-electron chi connectivity index (χ2n) is 4.87. The number of nitrogens with two attached hydrogens (primary N) is 1. The third-order valence-corrected chi connectivity index (χ3v) is 4.95. The van der Waals surface area contributed by atoms with Gasteiger partial charge >= 0.3 is 0 Å². The number of thioether (sulfide) groups is 1. The molecule has 0 spiro atoms. The molecule has 0 radical (unpaired) electrons. The van der Waals surface area contributed by atoms with E-state index in [-0.39, 0.29) is 6.04 Å². The van der Waals surface area contributed by atoms with Crippen LogP contribution >= 0.6 is 11.8 Å². The number of rotatable bonds is 5. The van der Waals surface area contributed by atoms with Crippen LogP contribution in [0.1, 0.15) is 42.9 Å². The topological polar surface area (TPSA) is 38.0 Å². The van der Waals surface area contributed by atoms with Crippen LogP contribution in [0, 0.1) is 6.92 Å². The molecule has 3 N–H and O–H groups in total. The summed E-state index contributed by atoms with van der Waals surface area (Å²) in [6, 6.07) is 8.94. The summed E-state index contributed by atoms with van der Waals surface area (Å²) >= 11 is 2.07. The highest BCUT2D eigenvalue weighted by Gasteiger charge is 2.18. The highest BCUT2D eigenvalue weighted by atomic mass is 32.2. The molecule has 1 aromatic rings. The zero-order chi connectivity index (χ0) is 12.1. The van der Waals surface area contributed by atoms with Gasteiger partial charge < -0.3 is 0 Å². The third-order valence-electron chi connectivity index (χ3n) is 3.48. The average molecular weight is 250 g/mol. The lowest BCUT2D eigenvalue weighted by Crippen LogP contribution is -2.30. The fourth-order valence-electron chi connectivity index (χ4n) is 2.33. The van der Waals surface area contributed by atoms with Gasteiger partial charge in [0.15, 0.2) is 0 Å². The van der Waals surface area contributed by atoms with Crippen LogP contribution in [0.4, 0.5) is 0 Å². The molecule has 1 unspecified atom stereocenters. The lowest BCUT2D eigenvalue weighted by Gasteiger charge is -2.18. The Hall–Kier alpha value is -0.510. The fraction of sp³-hybridized carbons (Fsp3) is 0.571. The van der Waals surface area contributed by atoms with Crippen molar-refractivity contribution in [3.63, 3.8) is 0 Å². The molecule has 1 aliphatic rings. The van der Waals surface area contributed by atoms with Gasteiger partial charge in [0, 0.05) is 11.0 Å². The fourth-order valence-corrected chi connectivity index (χ4v) is 3.75. The van der Waals surface area contributed by atoms with Gasteiger partial charge in [-0.2, -0.15) is 11.8 Å². The molecular weight excluding hydrogens is 228 g/mol. The predicted molar refractivity (Wildman–Crippen MR) is 76.0 cm³/mol. The first kappa shape index (κ1) is 12.9. The van der Waals surface area contributed by atoms with Crippen molar-refractivity contribution in [3.8, 4) is 0 Å². The smallest absolute Gasteiger partial charge is 0.0550 e. The van der Waals surface area contributed by atoms with Crippen LogP contribution in [-0.4, -0.2) is 11.0 Å². The first-order valence-corrected chi connectivity index (χ1v) is 7.49. The minimum atomic E-state index is 0.279. The van der Waals surface area contributed by atoms with Crippen LogP contribution in [0.25, 0.3) is 0 Å². The number of nitrogens with one attached hydrogen (secondary N) is 1. The maximum absolute atomic E-state index is 5.66. The first-order valence-electron chi connectivity index (χ1n) is 6.44. The van der Waals surface area contributed by atoms with E-state index in [1.807, 2.05) is 0 Å². The number of benzene rings is 1. The van der Waals surface area contributed by atoms with Crippen molar-refractivity contribution in [2.45, 2.75) is 43.9 Å². The van der Waals surface area contributed by atoms with Gasteiger partial charge in [-0.25, -0.2) is 0 Å². The Morgan fingerprint density at radius 2 is 1.94 bits per heavy atom. The van der Waals surface area contributed by atoms with Gasteiger partial charge in [-0.15, -0.1) is 0 Å². The lowest BCUT2D eigenvalue weighted by atomic mass is 10.1. The second-order valence-corrected chi connectivity index (χ2v) is 6.20. The van der Waals surface area contributed by atoms with Gasteiger partial charge in [-0.05, 0) is 25.3 Å². The summed E-state index contributed by atoms with van der Waals surface area (Å²) in [6.45, 7) is 2.11. The molecule has 94 valence electrons. The van der Waals surface area contributed by atoms with Crippen LogP contribution in [0.15, 0.2) is 24.3 Å². The van der Waals surface area contributed by atoms with E-state index in [1.54, 1.807) is 0 Å². The molecule has 3 heteroatoms. The summed E-state index contributed by atoms with van der Waals surface area (Å²) in [4.78, 5) is 0. The van der Waals surface area contributed by atoms with Crippen LogP contribution < -0.4 is 11.3 Å². The van der Waals surface area contributed by atoms with E-state index < -0.39 is 0 Å². The molecule has 1 aliphatic carbocycles. The molecule has 0 aliphatic heterocycles. The molecule has 0 heterocycles. The van der Waals surface area contributed by atoms with Crippen molar-refractivity contribution < 1.29 is 0 Å². The number of hydrogen-bond acceptors (Lipinski definition) is 3. The largest absolute Gasteiger partial charge is 0.271 e. The van der Waals surface area contributed by atoms with Crippen LogP contribution in [0.3, 0.4) is 0 Å². The van der Waals surface area contributed by atoms with E-state index in [0.29, 0.717) is 0 Å². The molecule has 0 bridgehead atoms. The van der Waals surface area contributed by atoms with E-state index in [2.05, 4.69) is 48.4 Å². The van der Waals surface area contributed by atoms with Gasteiger partial charge in [0.1, 0.15) is 0 Å². The molecule has 1 aromatic carbocycles.